The molecule has 3 aromatic rings. The molecule has 2 heterocycles. The highest BCUT2D eigenvalue weighted by molar-refractivity contribution is 6.31. The molecule has 7 heteroatoms. The third-order valence-corrected chi connectivity index (χ3v) is 7.21. The topological polar surface area (TPSA) is 54.7 Å². The Bertz CT molecular complexity index is 1350. The first kappa shape index (κ1) is 25.3. The second kappa shape index (κ2) is 10.0. The number of aliphatic hydroxyl groups excluding tert-OH is 1. The van der Waals surface area contributed by atoms with Crippen molar-refractivity contribution in [2.75, 3.05) is 25.2 Å². The monoisotopic (exact) mass is 498 g/mol. The van der Waals surface area contributed by atoms with Crippen molar-refractivity contribution < 1.29 is 14.2 Å². The van der Waals surface area contributed by atoms with Crippen molar-refractivity contribution in [3.63, 3.8) is 0 Å². The minimum Gasteiger partial charge on any atom is -0.496 e. The molecule has 4 rings (SSSR count). The van der Waals surface area contributed by atoms with Gasteiger partial charge in [-0.15, -0.1) is 0 Å². The Morgan fingerprint density at radius 1 is 1.23 bits per heavy atom. The zero-order valence-corrected chi connectivity index (χ0v) is 21.5. The van der Waals surface area contributed by atoms with Gasteiger partial charge in [0, 0.05) is 47.6 Å². The third-order valence-electron chi connectivity index (χ3n) is 6.94. The van der Waals surface area contributed by atoms with Crippen molar-refractivity contribution in [2.24, 2.45) is 5.92 Å². The number of allylic oxidation sites excluding steroid dienone is 1. The SMILES string of the molecule is C=C1CCCN1c1cc(Cl)c(F)c(Cc2cc3c(=O)c(C)cn(C(CO)C(C)C)c3cc2OC)c1. The molecule has 1 unspecified atom stereocenters. The smallest absolute Gasteiger partial charge is 0.192 e. The van der Waals surface area contributed by atoms with Crippen LogP contribution in [0.15, 0.2) is 47.5 Å². The molecule has 0 aliphatic carbocycles. The van der Waals surface area contributed by atoms with Crippen molar-refractivity contribution in [3.05, 3.63) is 80.5 Å². The molecule has 0 spiro atoms. The maximum Gasteiger partial charge on any atom is 0.192 e. The van der Waals surface area contributed by atoms with Crippen LogP contribution in [0.2, 0.25) is 5.02 Å². The highest BCUT2D eigenvalue weighted by Crippen LogP contribution is 2.35. The van der Waals surface area contributed by atoms with Gasteiger partial charge in [-0.1, -0.05) is 32.0 Å². The molecule has 35 heavy (non-hydrogen) atoms. The quantitative estimate of drug-likeness (QED) is 0.433. The molecule has 1 aliphatic heterocycles. The highest BCUT2D eigenvalue weighted by Gasteiger charge is 2.22. The van der Waals surface area contributed by atoms with Crippen LogP contribution in [0.4, 0.5) is 10.1 Å². The van der Waals surface area contributed by atoms with Crippen LogP contribution in [0.5, 0.6) is 5.75 Å². The van der Waals surface area contributed by atoms with Crippen molar-refractivity contribution in [1.29, 1.82) is 0 Å². The Balaban J connectivity index is 1.87. The number of pyridine rings is 1. The van der Waals surface area contributed by atoms with Crippen molar-refractivity contribution in [3.8, 4) is 5.75 Å². The lowest BCUT2D eigenvalue weighted by Crippen LogP contribution is -2.23. The van der Waals surface area contributed by atoms with Gasteiger partial charge in [-0.25, -0.2) is 4.39 Å². The summed E-state index contributed by atoms with van der Waals surface area (Å²) < 4.78 is 22.8. The van der Waals surface area contributed by atoms with E-state index in [1.165, 1.54) is 0 Å². The van der Waals surface area contributed by atoms with Gasteiger partial charge in [0.2, 0.25) is 0 Å². The van der Waals surface area contributed by atoms with E-state index in [0.717, 1.165) is 30.8 Å². The van der Waals surface area contributed by atoms with Crippen LogP contribution in [0.1, 0.15) is 49.4 Å². The van der Waals surface area contributed by atoms with Crippen LogP contribution in [-0.2, 0) is 6.42 Å². The van der Waals surface area contributed by atoms with E-state index in [1.54, 1.807) is 38.4 Å². The van der Waals surface area contributed by atoms with Gasteiger partial charge >= 0.3 is 0 Å². The lowest BCUT2D eigenvalue weighted by Gasteiger charge is -2.25. The summed E-state index contributed by atoms with van der Waals surface area (Å²) in [6.45, 7) is 10.7. The summed E-state index contributed by atoms with van der Waals surface area (Å²) in [7, 11) is 1.56. The summed E-state index contributed by atoms with van der Waals surface area (Å²) in [5, 5.41) is 10.6. The second-order valence-corrected chi connectivity index (χ2v) is 10.0. The zero-order chi connectivity index (χ0) is 25.4. The summed E-state index contributed by atoms with van der Waals surface area (Å²) in [5.41, 5.74) is 4.07. The highest BCUT2D eigenvalue weighted by atomic mass is 35.5. The summed E-state index contributed by atoms with van der Waals surface area (Å²) in [6, 6.07) is 6.83. The zero-order valence-electron chi connectivity index (χ0n) is 20.7. The molecule has 1 saturated heterocycles. The summed E-state index contributed by atoms with van der Waals surface area (Å²) in [6.07, 6.45) is 3.90. The molecule has 1 aliphatic rings. The van der Waals surface area contributed by atoms with Gasteiger partial charge in [0.1, 0.15) is 11.6 Å². The third kappa shape index (κ3) is 4.69. The molecular weight excluding hydrogens is 467 g/mol. The lowest BCUT2D eigenvalue weighted by molar-refractivity contribution is 0.195. The molecule has 186 valence electrons. The maximum absolute atomic E-state index is 15.1. The number of aryl methyl sites for hydroxylation is 1. The van der Waals surface area contributed by atoms with E-state index in [9.17, 15) is 9.90 Å². The molecule has 0 bridgehead atoms. The predicted molar refractivity (Wildman–Crippen MR) is 140 cm³/mol. The number of rotatable bonds is 7. The molecule has 0 amide bonds. The molecule has 1 aromatic heterocycles. The standard InChI is InChI=1S/C28H32ClFN2O3/c1-16(2)25(15-33)32-14-17(3)28(34)22-11-19(26(35-5)13-24(22)32)9-20-10-21(12-23(29)27(20)30)31-8-6-7-18(31)4/h10-14,16,25,33H,4,6-9,15H2,1-3,5H3. The van der Waals surface area contributed by atoms with E-state index < -0.39 is 5.82 Å². The fourth-order valence-electron chi connectivity index (χ4n) is 4.95. The lowest BCUT2D eigenvalue weighted by atomic mass is 9.98. The number of hydrogen-bond acceptors (Lipinski definition) is 4. The Morgan fingerprint density at radius 3 is 2.57 bits per heavy atom. The number of anilines is 1. The number of halogens is 2. The fourth-order valence-corrected chi connectivity index (χ4v) is 5.18. The number of benzene rings is 2. The molecule has 1 atom stereocenters. The Hall–Kier alpha value is -2.83. The molecule has 2 aromatic carbocycles. The summed E-state index contributed by atoms with van der Waals surface area (Å²) >= 11 is 6.29. The molecule has 0 radical (unpaired) electrons. The predicted octanol–water partition coefficient (Wildman–Crippen LogP) is 6.01. The summed E-state index contributed by atoms with van der Waals surface area (Å²) in [4.78, 5) is 15.2. The maximum atomic E-state index is 15.1. The van der Waals surface area contributed by atoms with E-state index in [4.69, 9.17) is 16.3 Å². The fraction of sp³-hybridized carbons (Fsp3) is 0.393. The minimum atomic E-state index is -0.482. The van der Waals surface area contributed by atoms with E-state index in [-0.39, 0.29) is 35.4 Å². The van der Waals surface area contributed by atoms with Gasteiger partial charge in [0.15, 0.2) is 5.43 Å². The number of aliphatic hydroxyl groups is 1. The first-order chi connectivity index (χ1) is 16.7. The van der Waals surface area contributed by atoms with Crippen molar-refractivity contribution >= 4 is 28.2 Å². The van der Waals surface area contributed by atoms with Crippen LogP contribution in [-0.4, -0.2) is 29.9 Å². The van der Waals surface area contributed by atoms with Crippen LogP contribution in [0.25, 0.3) is 10.9 Å². The van der Waals surface area contributed by atoms with Gasteiger partial charge in [-0.05, 0) is 55.0 Å². The van der Waals surface area contributed by atoms with Gasteiger partial charge < -0.3 is 19.3 Å². The number of methoxy groups -OCH3 is 1. The van der Waals surface area contributed by atoms with Gasteiger partial charge in [0.05, 0.1) is 30.3 Å². The Labute approximate surface area is 210 Å². The molecule has 5 nitrogen and oxygen atoms in total. The van der Waals surface area contributed by atoms with Crippen LogP contribution < -0.4 is 15.1 Å². The number of ether oxygens (including phenoxy) is 1. The van der Waals surface area contributed by atoms with Crippen molar-refractivity contribution in [2.45, 2.75) is 46.1 Å². The normalized spacial score (nSPS) is 14.9. The average Bonchev–Trinajstić information content (AvgIpc) is 3.25. The number of aromatic nitrogens is 1. The van der Waals surface area contributed by atoms with Crippen LogP contribution in [0, 0.1) is 18.7 Å². The first-order valence-corrected chi connectivity index (χ1v) is 12.3. The van der Waals surface area contributed by atoms with Gasteiger partial charge in [-0.3, -0.25) is 4.79 Å². The average molecular weight is 499 g/mol. The largest absolute Gasteiger partial charge is 0.496 e. The van der Waals surface area contributed by atoms with Gasteiger partial charge in [-0.2, -0.15) is 0 Å². The number of hydrogen-bond donors (Lipinski definition) is 1. The van der Waals surface area contributed by atoms with Crippen molar-refractivity contribution in [1.82, 2.24) is 4.57 Å². The number of nitrogens with zero attached hydrogens (tertiary/aromatic N) is 2. The van der Waals surface area contributed by atoms with Gasteiger partial charge in [0.25, 0.3) is 0 Å². The van der Waals surface area contributed by atoms with E-state index in [2.05, 4.69) is 11.5 Å². The number of fused-ring (bicyclic) bond motifs is 1. The second-order valence-electron chi connectivity index (χ2n) is 9.62. The van der Waals surface area contributed by atoms with Crippen LogP contribution in [0.3, 0.4) is 0 Å². The molecular formula is C28H32ClFN2O3. The Morgan fingerprint density at radius 2 is 1.97 bits per heavy atom. The van der Waals surface area contributed by atoms with E-state index in [0.29, 0.717) is 33.3 Å². The first-order valence-electron chi connectivity index (χ1n) is 11.9. The van der Waals surface area contributed by atoms with Crippen LogP contribution >= 0.6 is 11.6 Å². The van der Waals surface area contributed by atoms with E-state index >= 15 is 4.39 Å². The minimum absolute atomic E-state index is 0.0536. The molecule has 1 N–H and O–H groups in total. The molecule has 1 fully saturated rings. The molecule has 0 saturated carbocycles. The van der Waals surface area contributed by atoms with E-state index in [1.807, 2.05) is 24.5 Å². The Kier molecular flexibility index (Phi) is 7.25. The summed E-state index contributed by atoms with van der Waals surface area (Å²) in [5.74, 6) is 0.209.